The molecule has 0 radical (unpaired) electrons. The van der Waals surface area contributed by atoms with Gasteiger partial charge in [0.15, 0.2) is 18.1 Å². The van der Waals surface area contributed by atoms with Gasteiger partial charge in [0.25, 0.3) is 11.7 Å². The number of carbonyl (C=O) groups excluding carboxylic acids is 3. The van der Waals surface area contributed by atoms with Crippen LogP contribution >= 0.6 is 0 Å². The summed E-state index contributed by atoms with van der Waals surface area (Å²) in [7, 11) is 0. The lowest BCUT2D eigenvalue weighted by molar-refractivity contribution is -0.119. The summed E-state index contributed by atoms with van der Waals surface area (Å²) in [6, 6.07) is 11.5. The van der Waals surface area contributed by atoms with Gasteiger partial charge in [0.2, 0.25) is 5.91 Å². The van der Waals surface area contributed by atoms with E-state index in [0.29, 0.717) is 22.9 Å². The minimum atomic E-state index is -0.661. The van der Waals surface area contributed by atoms with Crippen molar-refractivity contribution >= 4 is 29.2 Å². The Kier molecular flexibility index (Phi) is 5.31. The number of rotatable bonds is 5. The van der Waals surface area contributed by atoms with Crippen LogP contribution in [0.1, 0.15) is 43.0 Å². The molecule has 1 aliphatic heterocycles. The van der Waals surface area contributed by atoms with E-state index in [9.17, 15) is 14.4 Å². The van der Waals surface area contributed by atoms with Crippen LogP contribution in [0.5, 0.6) is 11.5 Å². The van der Waals surface area contributed by atoms with Crippen molar-refractivity contribution in [3.63, 3.8) is 0 Å². The molecular weight excluding hydrogens is 388 g/mol. The van der Waals surface area contributed by atoms with Crippen molar-refractivity contribution in [2.24, 2.45) is 0 Å². The van der Waals surface area contributed by atoms with Crippen LogP contribution < -0.4 is 20.1 Å². The molecule has 0 unspecified atom stereocenters. The maximum absolute atomic E-state index is 12.2. The summed E-state index contributed by atoms with van der Waals surface area (Å²) < 4.78 is 17.0. The number of esters is 1. The zero-order chi connectivity index (χ0) is 21.1. The standard InChI is InChI=1S/C22H22N2O6/c1-14(25)23-16-6-4-5-15(11-16)21(27)28-13-20(26)24-17-7-8-18-19(12-17)30-22(29-18)9-2-3-10-22/h4-8,11-12H,2-3,9-10,13H2,1H3,(H,23,25)(H,24,26). The van der Waals surface area contributed by atoms with Crippen LogP contribution in [0.2, 0.25) is 0 Å². The van der Waals surface area contributed by atoms with Crippen molar-refractivity contribution in [2.45, 2.75) is 38.4 Å². The molecule has 2 N–H and O–H groups in total. The van der Waals surface area contributed by atoms with Gasteiger partial charge in [-0.2, -0.15) is 0 Å². The number of hydrogen-bond acceptors (Lipinski definition) is 6. The number of nitrogens with one attached hydrogen (secondary N) is 2. The van der Waals surface area contributed by atoms with E-state index in [4.69, 9.17) is 14.2 Å². The minimum Gasteiger partial charge on any atom is -0.452 e. The first-order valence-corrected chi connectivity index (χ1v) is 9.79. The maximum Gasteiger partial charge on any atom is 0.338 e. The third kappa shape index (κ3) is 4.37. The molecular formula is C22H22N2O6. The van der Waals surface area contributed by atoms with Crippen molar-refractivity contribution in [2.75, 3.05) is 17.2 Å². The van der Waals surface area contributed by atoms with Gasteiger partial charge >= 0.3 is 5.97 Å². The summed E-state index contributed by atoms with van der Waals surface area (Å²) in [5, 5.41) is 5.27. The van der Waals surface area contributed by atoms with Gasteiger partial charge in [-0.1, -0.05) is 6.07 Å². The smallest absolute Gasteiger partial charge is 0.338 e. The quantitative estimate of drug-likeness (QED) is 0.732. The molecule has 2 aromatic rings. The van der Waals surface area contributed by atoms with E-state index in [1.807, 2.05) is 0 Å². The van der Waals surface area contributed by atoms with Gasteiger partial charge in [-0.15, -0.1) is 0 Å². The summed E-state index contributed by atoms with van der Waals surface area (Å²) in [5.74, 6) is -0.682. The Hall–Kier alpha value is -3.55. The lowest BCUT2D eigenvalue weighted by Crippen LogP contribution is -2.34. The Morgan fingerprint density at radius 2 is 1.70 bits per heavy atom. The van der Waals surface area contributed by atoms with E-state index < -0.39 is 24.3 Å². The predicted molar refractivity (Wildman–Crippen MR) is 109 cm³/mol. The first-order valence-electron chi connectivity index (χ1n) is 9.79. The Labute approximate surface area is 173 Å². The summed E-state index contributed by atoms with van der Waals surface area (Å²) >= 11 is 0. The monoisotopic (exact) mass is 410 g/mol. The lowest BCUT2D eigenvalue weighted by atomic mass is 10.2. The van der Waals surface area contributed by atoms with Crippen LogP contribution in [0, 0.1) is 0 Å². The highest BCUT2D eigenvalue weighted by Crippen LogP contribution is 2.47. The number of hydrogen-bond donors (Lipinski definition) is 2. The average molecular weight is 410 g/mol. The molecule has 8 heteroatoms. The number of benzene rings is 2. The Balaban J connectivity index is 1.31. The molecule has 1 heterocycles. The molecule has 1 spiro atoms. The second-order valence-corrected chi connectivity index (χ2v) is 7.37. The zero-order valence-electron chi connectivity index (χ0n) is 16.5. The van der Waals surface area contributed by atoms with Crippen LogP contribution in [-0.2, 0) is 14.3 Å². The minimum absolute atomic E-state index is 0.235. The molecule has 2 aromatic carbocycles. The molecule has 1 saturated carbocycles. The van der Waals surface area contributed by atoms with Crippen LogP contribution in [0.15, 0.2) is 42.5 Å². The Morgan fingerprint density at radius 3 is 2.47 bits per heavy atom. The second kappa shape index (κ2) is 8.06. The molecule has 30 heavy (non-hydrogen) atoms. The summed E-state index contributed by atoms with van der Waals surface area (Å²) in [4.78, 5) is 35.5. The second-order valence-electron chi connectivity index (χ2n) is 7.37. The zero-order valence-corrected chi connectivity index (χ0v) is 16.5. The van der Waals surface area contributed by atoms with E-state index in [1.165, 1.54) is 13.0 Å². The summed E-state index contributed by atoms with van der Waals surface area (Å²) in [5.41, 5.74) is 1.24. The normalized spacial score (nSPS) is 15.6. The largest absolute Gasteiger partial charge is 0.452 e. The number of ether oxygens (including phenoxy) is 3. The van der Waals surface area contributed by atoms with Gasteiger partial charge < -0.3 is 24.8 Å². The van der Waals surface area contributed by atoms with E-state index in [1.54, 1.807) is 36.4 Å². The van der Waals surface area contributed by atoms with Gasteiger partial charge in [0, 0.05) is 37.2 Å². The Morgan fingerprint density at radius 1 is 0.967 bits per heavy atom. The van der Waals surface area contributed by atoms with E-state index in [2.05, 4.69) is 10.6 Å². The van der Waals surface area contributed by atoms with Crippen LogP contribution in [0.25, 0.3) is 0 Å². The molecule has 1 fully saturated rings. The van der Waals surface area contributed by atoms with Crippen molar-refractivity contribution in [3.8, 4) is 11.5 Å². The molecule has 2 aliphatic rings. The fourth-order valence-electron chi connectivity index (χ4n) is 3.63. The highest BCUT2D eigenvalue weighted by molar-refractivity contribution is 5.97. The van der Waals surface area contributed by atoms with Crippen molar-refractivity contribution in [1.29, 1.82) is 0 Å². The van der Waals surface area contributed by atoms with Gasteiger partial charge in [-0.25, -0.2) is 4.79 Å². The maximum atomic E-state index is 12.2. The van der Waals surface area contributed by atoms with Gasteiger partial charge in [0.05, 0.1) is 5.56 Å². The molecule has 4 rings (SSSR count). The topological polar surface area (TPSA) is 103 Å². The predicted octanol–water partition coefficient (Wildman–Crippen LogP) is 3.48. The highest BCUT2D eigenvalue weighted by Gasteiger charge is 2.44. The molecule has 156 valence electrons. The SMILES string of the molecule is CC(=O)Nc1cccc(C(=O)OCC(=O)Nc2ccc3c(c2)OC2(CCCC2)O3)c1. The van der Waals surface area contributed by atoms with Gasteiger partial charge in [-0.3, -0.25) is 9.59 Å². The van der Waals surface area contributed by atoms with Gasteiger partial charge in [0.1, 0.15) is 0 Å². The third-order valence-corrected chi connectivity index (χ3v) is 4.94. The molecule has 0 bridgehead atoms. The fraction of sp³-hybridized carbons (Fsp3) is 0.318. The molecule has 0 saturated heterocycles. The summed E-state index contributed by atoms with van der Waals surface area (Å²) in [6.45, 7) is 0.931. The number of anilines is 2. The average Bonchev–Trinajstić information content (AvgIpc) is 3.31. The summed E-state index contributed by atoms with van der Waals surface area (Å²) in [6.07, 6.45) is 3.83. The van der Waals surface area contributed by atoms with Crippen LogP contribution in [0.4, 0.5) is 11.4 Å². The first kappa shape index (κ1) is 19.8. The molecule has 8 nitrogen and oxygen atoms in total. The van der Waals surface area contributed by atoms with Crippen molar-refractivity contribution < 1.29 is 28.6 Å². The van der Waals surface area contributed by atoms with E-state index in [-0.39, 0.29) is 11.5 Å². The van der Waals surface area contributed by atoms with Crippen molar-refractivity contribution in [1.82, 2.24) is 0 Å². The first-order chi connectivity index (χ1) is 14.4. The highest BCUT2D eigenvalue weighted by atomic mass is 16.7. The van der Waals surface area contributed by atoms with Gasteiger partial charge in [-0.05, 0) is 43.2 Å². The van der Waals surface area contributed by atoms with Crippen LogP contribution in [0.3, 0.4) is 0 Å². The third-order valence-electron chi connectivity index (χ3n) is 4.94. The fourth-order valence-corrected chi connectivity index (χ4v) is 3.63. The van der Waals surface area contributed by atoms with E-state index in [0.717, 1.165) is 25.7 Å². The Bertz CT molecular complexity index is 997. The number of carbonyl (C=O) groups is 3. The van der Waals surface area contributed by atoms with E-state index >= 15 is 0 Å². The number of fused-ring (bicyclic) bond motifs is 1. The molecule has 1 aliphatic carbocycles. The van der Waals surface area contributed by atoms with Crippen molar-refractivity contribution in [3.05, 3.63) is 48.0 Å². The molecule has 0 atom stereocenters. The molecule has 0 aromatic heterocycles. The molecule has 2 amide bonds. The number of amides is 2. The lowest BCUT2D eigenvalue weighted by Gasteiger charge is -2.21. The van der Waals surface area contributed by atoms with Crippen LogP contribution in [-0.4, -0.2) is 30.2 Å².